The van der Waals surface area contributed by atoms with E-state index >= 15 is 0 Å². The number of methoxy groups -OCH3 is 4. The first kappa shape index (κ1) is 43.1. The van der Waals surface area contributed by atoms with Crippen molar-refractivity contribution in [3.05, 3.63) is 102 Å². The summed E-state index contributed by atoms with van der Waals surface area (Å²) < 4.78 is 27.3. The van der Waals surface area contributed by atoms with Gasteiger partial charge in [-0.1, -0.05) is 48.5 Å². The average molecular weight is 896 g/mol. The summed E-state index contributed by atoms with van der Waals surface area (Å²) in [4.78, 5) is 70.3. The summed E-state index contributed by atoms with van der Waals surface area (Å²) in [6, 6.07) is 21.7. The standard InChI is InChI=1S/C50H53N7O9/c1-26(63-3)44(54-49(60)64-4)48(59)57-40-18-31(40)19-42(57)46-51-22-39(53-46)30-11-13-33-32(16-30)25-66-43-21-34-29(17-36(33)43)12-14-37-35(34)20-38(52-37)41-15-27(24-62-2)23-56(41)47(58)45(55-50(61)65-5)28-9-7-6-8-10-28/h6-14,16-17,21-22,26-27,31,40-42,44-45H,15,18-20,23-25H2,1-5H3,(H,51,53)(H,54,60)(H,55,61)/t26-,27+,31-,40-,41+,42+,44+,45-/m1/s1. The van der Waals surface area contributed by atoms with Gasteiger partial charge in [0, 0.05) is 50.4 Å². The van der Waals surface area contributed by atoms with Crippen LogP contribution in [0.1, 0.15) is 60.8 Å². The number of aromatic nitrogens is 2. The minimum atomic E-state index is -0.930. The molecule has 2 saturated heterocycles. The molecule has 0 spiro atoms. The number of rotatable bonds is 12. The fraction of sp³-hybridized carbons (Fsp3) is 0.400. The molecule has 5 aliphatic rings. The Morgan fingerprint density at radius 3 is 2.45 bits per heavy atom. The van der Waals surface area contributed by atoms with Crippen molar-refractivity contribution in [3.63, 3.8) is 0 Å². The molecule has 4 aromatic carbocycles. The molecule has 0 bridgehead atoms. The van der Waals surface area contributed by atoms with Crippen LogP contribution in [0.4, 0.5) is 15.3 Å². The van der Waals surface area contributed by atoms with Crippen molar-refractivity contribution < 1.29 is 42.9 Å². The Kier molecular flexibility index (Phi) is 11.5. The van der Waals surface area contributed by atoms with E-state index in [4.69, 9.17) is 33.7 Å². The maximum Gasteiger partial charge on any atom is 0.407 e. The van der Waals surface area contributed by atoms with Crippen molar-refractivity contribution in [1.29, 1.82) is 0 Å². The maximum atomic E-state index is 14.5. The number of carbonyl (C=O) groups is 4. The molecule has 8 atom stereocenters. The SMILES string of the molecule is COC[C@H]1C[C@@H](C2=Nc3ccc4cc5c(cc4c3C2)OCc2cc(-c3cnc([C@@H]4C[C@H]6C[C@H]6N4C(=O)[C@@H](NC(=O)OC)[C@@H](C)OC)[nH]3)ccc2-5)N(C(=O)[C@H](NC(=O)OC)c2ccccc2)C1. The number of nitrogens with one attached hydrogen (secondary N) is 3. The zero-order valence-corrected chi connectivity index (χ0v) is 37.5. The number of likely N-dealkylation sites (tertiary alicyclic amines) is 2. The number of carbonyl (C=O) groups excluding carboxylic acids is 4. The lowest BCUT2D eigenvalue weighted by molar-refractivity contribution is -0.139. The summed E-state index contributed by atoms with van der Waals surface area (Å²) in [5.74, 6) is 1.53. The van der Waals surface area contributed by atoms with Gasteiger partial charge < -0.3 is 49.1 Å². The third-order valence-corrected chi connectivity index (χ3v) is 14.0. The van der Waals surface area contributed by atoms with Crippen LogP contribution in [0.25, 0.3) is 33.2 Å². The highest BCUT2D eigenvalue weighted by atomic mass is 16.5. The number of H-pyrrole nitrogens is 1. The number of amides is 4. The van der Waals surface area contributed by atoms with Crippen molar-refractivity contribution in [2.75, 3.05) is 41.6 Å². The predicted molar refractivity (Wildman–Crippen MR) is 244 cm³/mol. The zero-order chi connectivity index (χ0) is 45.8. The molecule has 1 aromatic heterocycles. The first-order chi connectivity index (χ1) is 32.1. The van der Waals surface area contributed by atoms with Crippen LogP contribution < -0.4 is 15.4 Å². The number of hydrogen-bond donors (Lipinski definition) is 3. The molecular weight excluding hydrogens is 843 g/mol. The van der Waals surface area contributed by atoms with E-state index in [0.717, 1.165) is 74.3 Å². The number of hydrogen-bond acceptors (Lipinski definition) is 11. The monoisotopic (exact) mass is 895 g/mol. The van der Waals surface area contributed by atoms with Crippen LogP contribution in [-0.4, -0.2) is 115 Å². The number of fused-ring (bicyclic) bond motifs is 7. The number of alkyl carbamates (subject to hydrolysis) is 2. The van der Waals surface area contributed by atoms with Gasteiger partial charge >= 0.3 is 12.2 Å². The van der Waals surface area contributed by atoms with E-state index in [2.05, 4.69) is 58.1 Å². The molecule has 5 heterocycles. The molecule has 0 radical (unpaired) electrons. The number of piperidine rings is 1. The molecule has 16 heteroatoms. The van der Waals surface area contributed by atoms with Crippen LogP contribution >= 0.6 is 0 Å². The smallest absolute Gasteiger partial charge is 0.407 e. The van der Waals surface area contributed by atoms with E-state index in [1.165, 1.54) is 21.3 Å². The first-order valence-electron chi connectivity index (χ1n) is 22.4. The Balaban J connectivity index is 0.883. The van der Waals surface area contributed by atoms with Gasteiger partial charge in [0.05, 0.1) is 56.6 Å². The second kappa shape index (κ2) is 17.5. The topological polar surface area (TPSA) is 186 Å². The largest absolute Gasteiger partial charge is 0.488 e. The lowest BCUT2D eigenvalue weighted by Crippen LogP contribution is -2.54. The zero-order valence-electron chi connectivity index (χ0n) is 37.5. The predicted octanol–water partition coefficient (Wildman–Crippen LogP) is 6.80. The number of nitrogens with zero attached hydrogens (tertiary/aromatic N) is 4. The lowest BCUT2D eigenvalue weighted by atomic mass is 9.90. The molecule has 1 saturated carbocycles. The highest BCUT2D eigenvalue weighted by molar-refractivity contribution is 6.07. The third kappa shape index (κ3) is 7.81. The Morgan fingerprint density at radius 1 is 0.879 bits per heavy atom. The van der Waals surface area contributed by atoms with Crippen LogP contribution in [0.3, 0.4) is 0 Å². The average Bonchev–Trinajstić information content (AvgIpc) is 3.81. The van der Waals surface area contributed by atoms with Gasteiger partial charge in [-0.2, -0.15) is 0 Å². The minimum absolute atomic E-state index is 0.0911. The fourth-order valence-electron chi connectivity index (χ4n) is 10.5. The normalized spacial score (nSPS) is 22.5. The van der Waals surface area contributed by atoms with Crippen molar-refractivity contribution in [1.82, 2.24) is 30.4 Å². The van der Waals surface area contributed by atoms with E-state index in [1.807, 2.05) is 46.3 Å². The molecule has 4 aliphatic heterocycles. The number of ether oxygens (including phenoxy) is 5. The number of benzene rings is 4. The minimum Gasteiger partial charge on any atom is -0.488 e. The van der Waals surface area contributed by atoms with Gasteiger partial charge in [0.15, 0.2) is 0 Å². The van der Waals surface area contributed by atoms with Crippen molar-refractivity contribution in [2.24, 2.45) is 16.8 Å². The van der Waals surface area contributed by atoms with Gasteiger partial charge in [-0.3, -0.25) is 14.6 Å². The molecule has 4 amide bonds. The summed E-state index contributed by atoms with van der Waals surface area (Å²) >= 11 is 0. The number of aromatic amines is 1. The first-order valence-corrected chi connectivity index (χ1v) is 22.4. The van der Waals surface area contributed by atoms with E-state index in [1.54, 1.807) is 14.0 Å². The molecule has 342 valence electrons. The lowest BCUT2D eigenvalue weighted by Gasteiger charge is -2.32. The molecule has 66 heavy (non-hydrogen) atoms. The fourth-order valence-corrected chi connectivity index (χ4v) is 10.5. The molecule has 16 nitrogen and oxygen atoms in total. The maximum absolute atomic E-state index is 14.5. The van der Waals surface area contributed by atoms with Gasteiger partial charge in [-0.15, -0.1) is 0 Å². The van der Waals surface area contributed by atoms with E-state index in [0.29, 0.717) is 49.9 Å². The molecule has 1 aliphatic carbocycles. The Labute approximate surface area is 382 Å². The molecular formula is C50H53N7O9. The quantitative estimate of drug-likeness (QED) is 0.120. The Bertz CT molecular complexity index is 2760. The molecule has 0 unspecified atom stereocenters. The Hall–Kier alpha value is -6.78. The second-order valence-corrected chi connectivity index (χ2v) is 17.9. The van der Waals surface area contributed by atoms with Crippen molar-refractivity contribution >= 4 is 46.2 Å². The van der Waals surface area contributed by atoms with Gasteiger partial charge in [-0.05, 0) is 95.0 Å². The molecule has 3 fully saturated rings. The van der Waals surface area contributed by atoms with Gasteiger partial charge in [-0.25, -0.2) is 14.6 Å². The Morgan fingerprint density at radius 2 is 1.68 bits per heavy atom. The van der Waals surface area contributed by atoms with Crippen LogP contribution in [0.5, 0.6) is 5.75 Å². The van der Waals surface area contributed by atoms with Gasteiger partial charge in [0.2, 0.25) is 11.8 Å². The second-order valence-electron chi connectivity index (χ2n) is 17.9. The summed E-state index contributed by atoms with van der Waals surface area (Å²) in [7, 11) is 5.74. The summed E-state index contributed by atoms with van der Waals surface area (Å²) in [5, 5.41) is 7.55. The van der Waals surface area contributed by atoms with E-state index < -0.39 is 30.4 Å². The van der Waals surface area contributed by atoms with Gasteiger partial charge in [0.25, 0.3) is 0 Å². The molecule has 5 aromatic rings. The molecule has 3 N–H and O–H groups in total. The third-order valence-electron chi connectivity index (χ3n) is 14.0. The number of aliphatic imine (C=N–C) groups is 1. The van der Waals surface area contributed by atoms with E-state index in [-0.39, 0.29) is 35.9 Å². The summed E-state index contributed by atoms with van der Waals surface area (Å²) in [6.45, 7) is 3.10. The van der Waals surface area contributed by atoms with Crippen molar-refractivity contribution in [3.8, 4) is 28.1 Å². The van der Waals surface area contributed by atoms with Gasteiger partial charge in [0.1, 0.15) is 30.3 Å². The summed E-state index contributed by atoms with van der Waals surface area (Å²) in [6.07, 6.45) is 2.84. The van der Waals surface area contributed by atoms with E-state index in [9.17, 15) is 19.2 Å². The number of imidazole rings is 1. The highest BCUT2D eigenvalue weighted by Crippen LogP contribution is 2.53. The summed E-state index contributed by atoms with van der Waals surface area (Å²) in [5.41, 5.74) is 8.43. The van der Waals surface area contributed by atoms with Crippen LogP contribution in [-0.2, 0) is 41.6 Å². The van der Waals surface area contributed by atoms with Crippen LogP contribution in [0.15, 0.2) is 84.0 Å². The highest BCUT2D eigenvalue weighted by Gasteiger charge is 2.56. The van der Waals surface area contributed by atoms with Crippen LogP contribution in [0, 0.1) is 11.8 Å². The van der Waals surface area contributed by atoms with Crippen LogP contribution in [0.2, 0.25) is 0 Å². The molecule has 10 rings (SSSR count). The van der Waals surface area contributed by atoms with Crippen molar-refractivity contribution in [2.45, 2.75) is 75.5 Å².